The molecule has 108 valence electrons. The Labute approximate surface area is 130 Å². The van der Waals surface area contributed by atoms with Crippen LogP contribution in [0.15, 0.2) is 35.3 Å². The molecule has 2 aromatic carbocycles. The lowest BCUT2D eigenvalue weighted by molar-refractivity contribution is 0.411. The molecule has 0 atom stereocenters. The molecule has 1 heterocycles. The molecule has 2 aromatic rings. The molecule has 0 unspecified atom stereocenters. The first kappa shape index (κ1) is 14.3. The topological polar surface area (TPSA) is 15.6 Å². The molecule has 0 aliphatic carbocycles. The summed E-state index contributed by atoms with van der Waals surface area (Å²) in [6, 6.07) is 7.54. The monoisotopic (exact) mass is 326 g/mol. The molecular formula is C15H10Cl2F2N2. The van der Waals surface area contributed by atoms with Crippen molar-refractivity contribution >= 4 is 35.2 Å². The van der Waals surface area contributed by atoms with Crippen LogP contribution in [0.5, 0.6) is 0 Å². The van der Waals surface area contributed by atoms with E-state index in [9.17, 15) is 8.78 Å². The van der Waals surface area contributed by atoms with Crippen LogP contribution in [0.1, 0.15) is 11.1 Å². The van der Waals surface area contributed by atoms with Crippen molar-refractivity contribution in [2.75, 3.05) is 0 Å². The Morgan fingerprint density at radius 3 is 2.62 bits per heavy atom. The van der Waals surface area contributed by atoms with E-state index in [0.29, 0.717) is 34.4 Å². The maximum absolute atomic E-state index is 13.3. The molecule has 1 aliphatic rings. The Bertz CT molecular complexity index is 732. The summed E-state index contributed by atoms with van der Waals surface area (Å²) in [5, 5.41) is 1.13. The Morgan fingerprint density at radius 1 is 1.10 bits per heavy atom. The maximum atomic E-state index is 13.3. The molecule has 0 amide bonds. The van der Waals surface area contributed by atoms with Crippen LogP contribution in [-0.2, 0) is 13.1 Å². The lowest BCUT2D eigenvalue weighted by Gasteiger charge is -2.25. The van der Waals surface area contributed by atoms with Gasteiger partial charge in [-0.05, 0) is 23.8 Å². The fourth-order valence-corrected chi connectivity index (χ4v) is 2.66. The van der Waals surface area contributed by atoms with Crippen molar-refractivity contribution in [3.05, 3.63) is 63.1 Å². The SMILES string of the molecule is Fc1cc2c(cc1F)N=CN(Cc1ccc(Cl)cc1Cl)C2. The molecule has 0 radical (unpaired) electrons. The number of hydrogen-bond acceptors (Lipinski definition) is 2. The van der Waals surface area contributed by atoms with Crippen LogP contribution in [0.25, 0.3) is 0 Å². The number of fused-ring (bicyclic) bond motifs is 1. The van der Waals surface area contributed by atoms with E-state index in [4.69, 9.17) is 23.2 Å². The number of aliphatic imine (C=N–C) groups is 1. The molecule has 0 bridgehead atoms. The lowest BCUT2D eigenvalue weighted by atomic mass is 10.1. The van der Waals surface area contributed by atoms with E-state index in [1.54, 1.807) is 18.5 Å². The van der Waals surface area contributed by atoms with Gasteiger partial charge in [0.25, 0.3) is 0 Å². The van der Waals surface area contributed by atoms with E-state index in [0.717, 1.165) is 11.6 Å². The first-order chi connectivity index (χ1) is 10.0. The summed E-state index contributed by atoms with van der Waals surface area (Å²) >= 11 is 12.0. The third-order valence-corrected chi connectivity index (χ3v) is 3.83. The number of halogens is 4. The van der Waals surface area contributed by atoms with Gasteiger partial charge in [-0.2, -0.15) is 0 Å². The molecule has 1 aliphatic heterocycles. The number of benzene rings is 2. The zero-order valence-corrected chi connectivity index (χ0v) is 12.3. The van der Waals surface area contributed by atoms with Gasteiger partial charge in [0.15, 0.2) is 11.6 Å². The summed E-state index contributed by atoms with van der Waals surface area (Å²) in [5.41, 5.74) is 1.98. The smallest absolute Gasteiger partial charge is 0.160 e. The standard InChI is InChI=1S/C15H10Cl2F2N2/c16-11-2-1-9(12(17)4-11)6-21-7-10-3-13(18)14(19)5-15(10)20-8-21/h1-5,8H,6-7H2. The van der Waals surface area contributed by atoms with Gasteiger partial charge >= 0.3 is 0 Å². The second-order valence-corrected chi connectivity index (χ2v) is 5.62. The predicted molar refractivity (Wildman–Crippen MR) is 80.2 cm³/mol. The highest BCUT2D eigenvalue weighted by Crippen LogP contribution is 2.28. The number of nitrogens with zero attached hydrogens (tertiary/aromatic N) is 2. The quantitative estimate of drug-likeness (QED) is 0.762. The van der Waals surface area contributed by atoms with Gasteiger partial charge in [0, 0.05) is 34.8 Å². The van der Waals surface area contributed by atoms with Crippen molar-refractivity contribution in [2.45, 2.75) is 13.1 Å². The van der Waals surface area contributed by atoms with Crippen LogP contribution < -0.4 is 0 Å². The minimum Gasteiger partial charge on any atom is -0.354 e. The van der Waals surface area contributed by atoms with E-state index < -0.39 is 11.6 Å². The Hall–Kier alpha value is -1.65. The Morgan fingerprint density at radius 2 is 1.86 bits per heavy atom. The first-order valence-electron chi connectivity index (χ1n) is 6.23. The zero-order chi connectivity index (χ0) is 15.0. The largest absolute Gasteiger partial charge is 0.354 e. The van der Waals surface area contributed by atoms with Crippen LogP contribution in [0.2, 0.25) is 10.0 Å². The van der Waals surface area contributed by atoms with Gasteiger partial charge in [0.05, 0.1) is 12.0 Å². The van der Waals surface area contributed by atoms with E-state index in [-0.39, 0.29) is 0 Å². The second-order valence-electron chi connectivity index (χ2n) is 4.78. The van der Waals surface area contributed by atoms with Gasteiger partial charge < -0.3 is 4.90 Å². The highest BCUT2D eigenvalue weighted by atomic mass is 35.5. The summed E-state index contributed by atoms with van der Waals surface area (Å²) in [4.78, 5) is 6.01. The van der Waals surface area contributed by atoms with Gasteiger partial charge in [0.2, 0.25) is 0 Å². The average Bonchev–Trinajstić information content (AvgIpc) is 2.43. The predicted octanol–water partition coefficient (Wildman–Crippen LogP) is 4.95. The van der Waals surface area contributed by atoms with Crippen LogP contribution in [0.3, 0.4) is 0 Å². The Balaban J connectivity index is 1.82. The fourth-order valence-electron chi connectivity index (χ4n) is 2.19. The van der Waals surface area contributed by atoms with Crippen LogP contribution in [0, 0.1) is 11.6 Å². The van der Waals surface area contributed by atoms with Gasteiger partial charge in [-0.3, -0.25) is 0 Å². The summed E-state index contributed by atoms with van der Waals surface area (Å²) in [6.07, 6.45) is 1.60. The molecule has 3 rings (SSSR count). The molecule has 0 saturated carbocycles. The summed E-state index contributed by atoms with van der Waals surface area (Å²) in [6.45, 7) is 0.951. The minimum atomic E-state index is -0.889. The van der Waals surface area contributed by atoms with E-state index in [1.165, 1.54) is 6.07 Å². The molecule has 6 heteroatoms. The summed E-state index contributed by atoms with van der Waals surface area (Å²) in [7, 11) is 0. The first-order valence-corrected chi connectivity index (χ1v) is 6.98. The summed E-state index contributed by atoms with van der Waals surface area (Å²) in [5.74, 6) is -1.75. The van der Waals surface area contributed by atoms with Gasteiger partial charge in [0.1, 0.15) is 0 Å². The van der Waals surface area contributed by atoms with Crippen molar-refractivity contribution in [3.8, 4) is 0 Å². The minimum absolute atomic E-state index is 0.439. The second kappa shape index (κ2) is 5.62. The number of rotatable bonds is 2. The van der Waals surface area contributed by atoms with E-state index in [2.05, 4.69) is 4.99 Å². The molecule has 21 heavy (non-hydrogen) atoms. The lowest BCUT2D eigenvalue weighted by Crippen LogP contribution is -2.23. The molecule has 0 saturated heterocycles. The van der Waals surface area contributed by atoms with Crippen molar-refractivity contribution in [1.82, 2.24) is 4.90 Å². The molecule has 0 aromatic heterocycles. The number of hydrogen-bond donors (Lipinski definition) is 0. The third-order valence-electron chi connectivity index (χ3n) is 3.24. The van der Waals surface area contributed by atoms with Crippen molar-refractivity contribution < 1.29 is 8.78 Å². The van der Waals surface area contributed by atoms with E-state index >= 15 is 0 Å². The van der Waals surface area contributed by atoms with E-state index in [1.807, 2.05) is 11.0 Å². The molecule has 2 nitrogen and oxygen atoms in total. The third kappa shape index (κ3) is 3.01. The average molecular weight is 327 g/mol. The van der Waals surface area contributed by atoms with Gasteiger partial charge in [-0.1, -0.05) is 29.3 Å². The summed E-state index contributed by atoms with van der Waals surface area (Å²) < 4.78 is 26.4. The van der Waals surface area contributed by atoms with Crippen LogP contribution in [0.4, 0.5) is 14.5 Å². The highest BCUT2D eigenvalue weighted by molar-refractivity contribution is 6.35. The van der Waals surface area contributed by atoms with Crippen molar-refractivity contribution in [1.29, 1.82) is 0 Å². The van der Waals surface area contributed by atoms with Gasteiger partial charge in [-0.25, -0.2) is 13.8 Å². The Kier molecular flexibility index (Phi) is 3.83. The molecule has 0 N–H and O–H groups in total. The normalized spacial score (nSPS) is 13.4. The highest BCUT2D eigenvalue weighted by Gasteiger charge is 2.16. The molecule has 0 spiro atoms. The maximum Gasteiger partial charge on any atom is 0.160 e. The molecule has 0 fully saturated rings. The van der Waals surface area contributed by atoms with Crippen molar-refractivity contribution in [2.24, 2.45) is 4.99 Å². The van der Waals surface area contributed by atoms with Crippen LogP contribution in [-0.4, -0.2) is 11.2 Å². The van der Waals surface area contributed by atoms with Crippen LogP contribution >= 0.6 is 23.2 Å². The van der Waals surface area contributed by atoms with Crippen molar-refractivity contribution in [3.63, 3.8) is 0 Å². The molecular weight excluding hydrogens is 317 g/mol. The zero-order valence-electron chi connectivity index (χ0n) is 10.8. The fraction of sp³-hybridized carbons (Fsp3) is 0.133. The van der Waals surface area contributed by atoms with Gasteiger partial charge in [-0.15, -0.1) is 0 Å².